The van der Waals surface area contributed by atoms with Gasteiger partial charge in [0.05, 0.1) is 17.1 Å². The van der Waals surface area contributed by atoms with Crippen LogP contribution >= 0.6 is 0 Å². The normalized spacial score (nSPS) is 21.4. The van der Waals surface area contributed by atoms with Crippen molar-refractivity contribution in [1.29, 1.82) is 0 Å². The van der Waals surface area contributed by atoms with Crippen LogP contribution in [0.2, 0.25) is 0 Å². The molecule has 1 aromatic heterocycles. The SMILES string of the molecule is CC.CC1=C(c2cc(C)c3nc(C4CC4)[nH]c3c2)C(C)N(C)O1. The summed E-state index contributed by atoms with van der Waals surface area (Å²) < 4.78 is 0. The zero-order chi connectivity index (χ0) is 16.7. The van der Waals surface area contributed by atoms with Crippen molar-refractivity contribution in [2.24, 2.45) is 0 Å². The van der Waals surface area contributed by atoms with Gasteiger partial charge < -0.3 is 9.82 Å². The third-order valence-corrected chi connectivity index (χ3v) is 4.69. The van der Waals surface area contributed by atoms with Gasteiger partial charge in [-0.15, -0.1) is 5.06 Å². The van der Waals surface area contributed by atoms with Crippen LogP contribution in [-0.2, 0) is 4.84 Å². The second-order valence-corrected chi connectivity index (χ2v) is 6.37. The number of nitrogens with zero attached hydrogens (tertiary/aromatic N) is 2. The summed E-state index contributed by atoms with van der Waals surface area (Å²) in [5, 5.41) is 1.91. The molecular weight excluding hydrogens is 286 g/mol. The van der Waals surface area contributed by atoms with Crippen molar-refractivity contribution >= 4 is 16.6 Å². The second-order valence-electron chi connectivity index (χ2n) is 6.37. The van der Waals surface area contributed by atoms with Gasteiger partial charge in [0.2, 0.25) is 0 Å². The number of H-pyrrole nitrogens is 1. The maximum Gasteiger partial charge on any atom is 0.127 e. The minimum Gasteiger partial charge on any atom is -0.410 e. The lowest BCUT2D eigenvalue weighted by molar-refractivity contribution is -0.0883. The van der Waals surface area contributed by atoms with Crippen molar-refractivity contribution in [3.63, 3.8) is 0 Å². The highest BCUT2D eigenvalue weighted by atomic mass is 16.7. The molecule has 1 saturated carbocycles. The number of likely N-dealkylation sites (N-methyl/N-ethyl adjacent to an activating group) is 1. The van der Waals surface area contributed by atoms with E-state index in [1.54, 1.807) is 0 Å². The van der Waals surface area contributed by atoms with E-state index in [9.17, 15) is 0 Å². The lowest BCUT2D eigenvalue weighted by atomic mass is 9.97. The van der Waals surface area contributed by atoms with Crippen LogP contribution in [-0.4, -0.2) is 28.1 Å². The first kappa shape index (κ1) is 16.1. The first-order valence-corrected chi connectivity index (χ1v) is 8.67. The van der Waals surface area contributed by atoms with E-state index in [0.717, 1.165) is 22.6 Å². The number of hydrogen-bond acceptors (Lipinski definition) is 3. The van der Waals surface area contributed by atoms with Crippen LogP contribution in [0.1, 0.15) is 63.4 Å². The van der Waals surface area contributed by atoms with E-state index in [1.165, 1.54) is 29.5 Å². The third-order valence-electron chi connectivity index (χ3n) is 4.69. The fourth-order valence-corrected chi connectivity index (χ4v) is 3.28. The van der Waals surface area contributed by atoms with Crippen LogP contribution < -0.4 is 0 Å². The van der Waals surface area contributed by atoms with Crippen molar-refractivity contribution in [1.82, 2.24) is 15.0 Å². The zero-order valence-electron chi connectivity index (χ0n) is 15.0. The Bertz CT molecular complexity index is 755. The van der Waals surface area contributed by atoms with E-state index >= 15 is 0 Å². The Morgan fingerprint density at radius 1 is 1.22 bits per heavy atom. The Morgan fingerprint density at radius 3 is 2.48 bits per heavy atom. The van der Waals surface area contributed by atoms with Gasteiger partial charge in [-0.05, 0) is 56.9 Å². The van der Waals surface area contributed by atoms with Gasteiger partial charge in [-0.1, -0.05) is 13.8 Å². The molecule has 1 aliphatic carbocycles. The van der Waals surface area contributed by atoms with E-state index in [0.29, 0.717) is 5.92 Å². The van der Waals surface area contributed by atoms with Crippen molar-refractivity contribution in [2.75, 3.05) is 7.05 Å². The van der Waals surface area contributed by atoms with E-state index in [1.807, 2.05) is 32.9 Å². The molecule has 1 atom stereocenters. The quantitative estimate of drug-likeness (QED) is 0.868. The monoisotopic (exact) mass is 313 g/mol. The van der Waals surface area contributed by atoms with E-state index in [-0.39, 0.29) is 6.04 Å². The molecule has 2 aromatic rings. The summed E-state index contributed by atoms with van der Waals surface area (Å²) in [7, 11) is 1.98. The van der Waals surface area contributed by atoms with Gasteiger partial charge in [0.1, 0.15) is 11.6 Å². The summed E-state index contributed by atoms with van der Waals surface area (Å²) in [5.74, 6) is 2.80. The third kappa shape index (κ3) is 2.76. The molecule has 1 aliphatic heterocycles. The van der Waals surface area contributed by atoms with Gasteiger partial charge in [0, 0.05) is 18.5 Å². The second kappa shape index (κ2) is 6.00. The molecule has 23 heavy (non-hydrogen) atoms. The van der Waals surface area contributed by atoms with Crippen LogP contribution in [0.25, 0.3) is 16.6 Å². The summed E-state index contributed by atoms with van der Waals surface area (Å²) in [6, 6.07) is 4.73. The minimum absolute atomic E-state index is 0.271. The number of nitrogens with one attached hydrogen (secondary N) is 1. The summed E-state index contributed by atoms with van der Waals surface area (Å²) in [6.45, 7) is 10.4. The molecule has 2 heterocycles. The van der Waals surface area contributed by atoms with Crippen LogP contribution in [0.3, 0.4) is 0 Å². The Labute approximate surface area is 138 Å². The fourth-order valence-electron chi connectivity index (χ4n) is 3.28. The van der Waals surface area contributed by atoms with Gasteiger partial charge in [-0.2, -0.15) is 0 Å². The largest absolute Gasteiger partial charge is 0.410 e. The Morgan fingerprint density at radius 2 is 1.91 bits per heavy atom. The number of rotatable bonds is 2. The minimum atomic E-state index is 0.271. The zero-order valence-corrected chi connectivity index (χ0v) is 15.0. The number of aromatic nitrogens is 2. The van der Waals surface area contributed by atoms with Crippen LogP contribution in [0.4, 0.5) is 0 Å². The van der Waals surface area contributed by atoms with Crippen molar-refractivity contribution in [3.05, 3.63) is 34.8 Å². The van der Waals surface area contributed by atoms with Crippen molar-refractivity contribution in [2.45, 2.75) is 59.4 Å². The average molecular weight is 313 g/mol. The Kier molecular flexibility index (Phi) is 4.19. The summed E-state index contributed by atoms with van der Waals surface area (Å²) in [5.41, 5.74) is 5.99. The highest BCUT2D eigenvalue weighted by molar-refractivity contribution is 5.85. The lowest BCUT2D eigenvalue weighted by Gasteiger charge is -2.15. The van der Waals surface area contributed by atoms with Crippen molar-refractivity contribution in [3.8, 4) is 0 Å². The standard InChI is InChI=1S/C17H21N3O.C2H6/c1-9-7-13(15-10(2)20(4)21-11(15)3)8-14-16(9)19-17(18-14)12-5-6-12;1-2/h7-8,10,12H,5-6H2,1-4H3,(H,18,19);1-2H3. The molecular formula is C19H27N3O. The van der Waals surface area contributed by atoms with Crippen LogP contribution in [0.5, 0.6) is 0 Å². The highest BCUT2D eigenvalue weighted by Gasteiger charge is 2.29. The molecule has 0 amide bonds. The smallest absolute Gasteiger partial charge is 0.127 e. The molecule has 1 fully saturated rings. The maximum atomic E-state index is 5.73. The molecule has 0 bridgehead atoms. The maximum absolute atomic E-state index is 5.73. The number of aromatic amines is 1. The predicted octanol–water partition coefficient (Wildman–Crippen LogP) is 4.77. The molecule has 4 rings (SSSR count). The van der Waals surface area contributed by atoms with Gasteiger partial charge in [-0.25, -0.2) is 4.98 Å². The number of allylic oxidation sites excluding steroid dienone is 1. The first-order valence-electron chi connectivity index (χ1n) is 8.67. The average Bonchev–Trinajstić information content (AvgIpc) is 3.23. The number of hydroxylamine groups is 2. The predicted molar refractivity (Wildman–Crippen MR) is 95.1 cm³/mol. The first-order chi connectivity index (χ1) is 11.0. The van der Waals surface area contributed by atoms with Gasteiger partial charge in [-0.3, -0.25) is 0 Å². The van der Waals surface area contributed by atoms with Crippen LogP contribution in [0, 0.1) is 6.92 Å². The molecule has 124 valence electrons. The molecule has 1 aromatic carbocycles. The Balaban J connectivity index is 0.000000753. The highest BCUT2D eigenvalue weighted by Crippen LogP contribution is 2.40. The van der Waals surface area contributed by atoms with E-state index in [2.05, 4.69) is 31.0 Å². The van der Waals surface area contributed by atoms with Crippen molar-refractivity contribution < 1.29 is 4.84 Å². The Hall–Kier alpha value is -1.81. The van der Waals surface area contributed by atoms with Crippen LogP contribution in [0.15, 0.2) is 17.9 Å². The molecule has 0 saturated heterocycles. The number of imidazole rings is 1. The molecule has 0 radical (unpaired) electrons. The number of fused-ring (bicyclic) bond motifs is 1. The molecule has 1 unspecified atom stereocenters. The number of benzene rings is 1. The topological polar surface area (TPSA) is 41.2 Å². The molecule has 2 aliphatic rings. The van der Waals surface area contributed by atoms with E-state index in [4.69, 9.17) is 9.82 Å². The molecule has 4 heteroatoms. The van der Waals surface area contributed by atoms with Gasteiger partial charge >= 0.3 is 0 Å². The molecule has 1 N–H and O–H groups in total. The number of aryl methyl sites for hydroxylation is 1. The summed E-state index contributed by atoms with van der Waals surface area (Å²) >= 11 is 0. The van der Waals surface area contributed by atoms with Gasteiger partial charge in [0.15, 0.2) is 0 Å². The summed E-state index contributed by atoms with van der Waals surface area (Å²) in [6.07, 6.45) is 2.54. The fraction of sp³-hybridized carbons (Fsp3) is 0.526. The molecule has 4 nitrogen and oxygen atoms in total. The number of hydrogen-bond donors (Lipinski definition) is 1. The van der Waals surface area contributed by atoms with E-state index < -0.39 is 0 Å². The summed E-state index contributed by atoms with van der Waals surface area (Å²) in [4.78, 5) is 14.0. The van der Waals surface area contributed by atoms with Gasteiger partial charge in [0.25, 0.3) is 0 Å². The molecule has 0 spiro atoms. The lowest BCUT2D eigenvalue weighted by Crippen LogP contribution is -2.22.